The van der Waals surface area contributed by atoms with Gasteiger partial charge >= 0.3 is 10.2 Å². The molecule has 1 saturated heterocycles. The number of hydrogen-bond acceptors (Lipinski definition) is 4. The summed E-state index contributed by atoms with van der Waals surface area (Å²) < 4.78 is 42.2. The van der Waals surface area contributed by atoms with Crippen LogP contribution in [0.2, 0.25) is 10.0 Å². The molecule has 1 aliphatic heterocycles. The predicted octanol–water partition coefficient (Wildman–Crippen LogP) is 5.02. The Morgan fingerprint density at radius 3 is 2.44 bits per heavy atom. The van der Waals surface area contributed by atoms with Gasteiger partial charge in [0.25, 0.3) is 11.8 Å². The topological polar surface area (TPSA) is 98.8 Å². The highest BCUT2D eigenvalue weighted by Crippen LogP contribution is 2.28. The van der Waals surface area contributed by atoms with Gasteiger partial charge in [0.15, 0.2) is 0 Å². The van der Waals surface area contributed by atoms with E-state index in [1.165, 1.54) is 47.8 Å². The van der Waals surface area contributed by atoms with Gasteiger partial charge in [-0.15, -0.1) is 0 Å². The van der Waals surface area contributed by atoms with Crippen LogP contribution in [0.25, 0.3) is 0 Å². The molecule has 0 unspecified atom stereocenters. The van der Waals surface area contributed by atoms with Crippen molar-refractivity contribution in [2.24, 2.45) is 0 Å². The molecule has 0 radical (unpaired) electrons. The number of carbonyl (C=O) groups is 2. The molecule has 1 aliphatic rings. The van der Waals surface area contributed by atoms with Crippen LogP contribution in [-0.4, -0.2) is 44.7 Å². The molecule has 3 aromatic rings. The van der Waals surface area contributed by atoms with E-state index in [9.17, 15) is 22.4 Å². The molecule has 0 spiro atoms. The van der Waals surface area contributed by atoms with Gasteiger partial charge in [-0.3, -0.25) is 13.9 Å². The van der Waals surface area contributed by atoms with E-state index in [1.54, 1.807) is 18.2 Å². The second kappa shape index (κ2) is 10.4. The number of rotatable bonds is 5. The SMILES string of the molecule is CN1CCCN(c2ccc(C(=O)Nc3ccc(Cl)c(NC(=O)c4cccc(Cl)c4)c3)c(F)c2)S1(=O)=O. The molecule has 0 aromatic heterocycles. The first-order valence-corrected chi connectivity index (χ1v) is 12.9. The molecular formula is C24H21Cl2FN4O4S. The van der Waals surface area contributed by atoms with Crippen LogP contribution in [-0.2, 0) is 10.2 Å². The normalized spacial score (nSPS) is 15.4. The lowest BCUT2D eigenvalue weighted by molar-refractivity contribution is 0.101. The smallest absolute Gasteiger partial charge is 0.303 e. The molecule has 0 atom stereocenters. The molecule has 2 amide bonds. The summed E-state index contributed by atoms with van der Waals surface area (Å²) in [6.07, 6.45) is 0.590. The van der Waals surface area contributed by atoms with Crippen LogP contribution < -0.4 is 14.9 Å². The average Bonchev–Trinajstić information content (AvgIpc) is 2.82. The van der Waals surface area contributed by atoms with Gasteiger partial charge in [0.2, 0.25) is 0 Å². The van der Waals surface area contributed by atoms with Gasteiger partial charge in [0.05, 0.1) is 22.0 Å². The first-order valence-electron chi connectivity index (χ1n) is 10.8. The molecule has 8 nitrogen and oxygen atoms in total. The number of carbonyl (C=O) groups excluding carboxylic acids is 2. The molecule has 1 fully saturated rings. The van der Waals surface area contributed by atoms with E-state index in [1.807, 2.05) is 0 Å². The van der Waals surface area contributed by atoms with Crippen molar-refractivity contribution in [2.45, 2.75) is 6.42 Å². The summed E-state index contributed by atoms with van der Waals surface area (Å²) >= 11 is 12.1. The summed E-state index contributed by atoms with van der Waals surface area (Å²) in [6.45, 7) is 0.594. The maximum Gasteiger partial charge on any atom is 0.303 e. The summed E-state index contributed by atoms with van der Waals surface area (Å²) in [7, 11) is -2.29. The average molecular weight is 551 g/mol. The van der Waals surface area contributed by atoms with E-state index in [2.05, 4.69) is 10.6 Å². The monoisotopic (exact) mass is 550 g/mol. The van der Waals surface area contributed by atoms with Crippen LogP contribution in [0.3, 0.4) is 0 Å². The van der Waals surface area contributed by atoms with E-state index in [0.29, 0.717) is 23.6 Å². The van der Waals surface area contributed by atoms with Crippen LogP contribution in [0.5, 0.6) is 0 Å². The quantitative estimate of drug-likeness (QED) is 0.465. The van der Waals surface area contributed by atoms with Gasteiger partial charge in [0, 0.05) is 36.4 Å². The van der Waals surface area contributed by atoms with Crippen LogP contribution in [0.4, 0.5) is 21.5 Å². The van der Waals surface area contributed by atoms with Gasteiger partial charge in [-0.05, 0) is 61.0 Å². The molecule has 0 saturated carbocycles. The van der Waals surface area contributed by atoms with Crippen molar-refractivity contribution < 1.29 is 22.4 Å². The third kappa shape index (κ3) is 5.46. The number of nitrogens with one attached hydrogen (secondary N) is 2. The number of anilines is 3. The van der Waals surface area contributed by atoms with Crippen molar-refractivity contribution in [2.75, 3.05) is 35.1 Å². The summed E-state index contributed by atoms with van der Waals surface area (Å²) in [6, 6.07) is 14.4. The molecule has 36 heavy (non-hydrogen) atoms. The van der Waals surface area contributed by atoms with Crippen LogP contribution in [0, 0.1) is 5.82 Å². The summed E-state index contributed by atoms with van der Waals surface area (Å²) in [5.41, 5.74) is 0.662. The van der Waals surface area contributed by atoms with E-state index >= 15 is 0 Å². The summed E-state index contributed by atoms with van der Waals surface area (Å²) in [5.74, 6) is -2.09. The zero-order valence-corrected chi connectivity index (χ0v) is 21.3. The lowest BCUT2D eigenvalue weighted by Crippen LogP contribution is -2.48. The van der Waals surface area contributed by atoms with Crippen molar-refractivity contribution in [1.29, 1.82) is 0 Å². The lowest BCUT2D eigenvalue weighted by atomic mass is 10.1. The van der Waals surface area contributed by atoms with Crippen molar-refractivity contribution in [1.82, 2.24) is 4.31 Å². The molecule has 0 bridgehead atoms. The minimum Gasteiger partial charge on any atom is -0.322 e. The van der Waals surface area contributed by atoms with Crippen molar-refractivity contribution in [3.05, 3.63) is 87.7 Å². The highest BCUT2D eigenvalue weighted by Gasteiger charge is 2.31. The highest BCUT2D eigenvalue weighted by atomic mass is 35.5. The first kappa shape index (κ1) is 25.9. The third-order valence-corrected chi connectivity index (χ3v) is 8.04. The van der Waals surface area contributed by atoms with Crippen LogP contribution in [0.1, 0.15) is 27.1 Å². The van der Waals surface area contributed by atoms with Gasteiger partial charge in [0.1, 0.15) is 5.82 Å². The van der Waals surface area contributed by atoms with E-state index in [-0.39, 0.29) is 34.2 Å². The van der Waals surface area contributed by atoms with Crippen LogP contribution >= 0.6 is 23.2 Å². The second-order valence-electron chi connectivity index (χ2n) is 8.03. The Hall–Kier alpha value is -3.18. The van der Waals surface area contributed by atoms with Gasteiger partial charge in [-0.25, -0.2) is 4.39 Å². The number of hydrogen-bond donors (Lipinski definition) is 2. The molecule has 12 heteroatoms. The zero-order valence-electron chi connectivity index (χ0n) is 19.0. The van der Waals surface area contributed by atoms with Crippen molar-refractivity contribution >= 4 is 62.3 Å². The molecule has 0 aliphatic carbocycles. The fourth-order valence-corrected chi connectivity index (χ4v) is 5.45. The number of nitrogens with zero attached hydrogens (tertiary/aromatic N) is 2. The predicted molar refractivity (Wildman–Crippen MR) is 139 cm³/mol. The fourth-order valence-electron chi connectivity index (χ4n) is 3.66. The lowest BCUT2D eigenvalue weighted by Gasteiger charge is -2.33. The summed E-state index contributed by atoms with van der Waals surface area (Å²) in [5, 5.41) is 5.84. The summed E-state index contributed by atoms with van der Waals surface area (Å²) in [4.78, 5) is 25.3. The van der Waals surface area contributed by atoms with E-state index < -0.39 is 27.8 Å². The Balaban J connectivity index is 1.51. The number of amides is 2. The largest absolute Gasteiger partial charge is 0.322 e. The first-order chi connectivity index (χ1) is 17.1. The standard InChI is InChI=1S/C24H21Cl2FN4O4S/c1-30-10-3-11-31(36(30,34)35)18-7-8-19(21(27)14-18)24(33)28-17-6-9-20(26)22(13-17)29-23(32)15-4-2-5-16(25)12-15/h2,4-9,12-14H,3,10-11H2,1H3,(H,28,33)(H,29,32). The molecule has 1 heterocycles. The molecule has 188 valence electrons. The molecule has 4 rings (SSSR count). The van der Waals surface area contributed by atoms with Crippen molar-refractivity contribution in [3.63, 3.8) is 0 Å². The maximum atomic E-state index is 14.9. The van der Waals surface area contributed by atoms with Crippen LogP contribution in [0.15, 0.2) is 60.7 Å². The maximum absolute atomic E-state index is 14.9. The van der Waals surface area contributed by atoms with Gasteiger partial charge in [-0.1, -0.05) is 29.3 Å². The second-order valence-corrected chi connectivity index (χ2v) is 10.8. The van der Waals surface area contributed by atoms with E-state index in [4.69, 9.17) is 23.2 Å². The van der Waals surface area contributed by atoms with Crippen molar-refractivity contribution in [3.8, 4) is 0 Å². The van der Waals surface area contributed by atoms with Gasteiger partial charge < -0.3 is 10.6 Å². The molecule has 3 aromatic carbocycles. The Bertz CT molecular complexity index is 1450. The van der Waals surface area contributed by atoms with Gasteiger partial charge in [-0.2, -0.15) is 12.7 Å². The highest BCUT2D eigenvalue weighted by molar-refractivity contribution is 7.90. The Morgan fingerprint density at radius 1 is 0.944 bits per heavy atom. The van der Waals surface area contributed by atoms with E-state index in [0.717, 1.165) is 10.4 Å². The molecule has 2 N–H and O–H groups in total. The Morgan fingerprint density at radius 2 is 1.72 bits per heavy atom. The zero-order chi connectivity index (χ0) is 26.0. The minimum absolute atomic E-state index is 0.133. The number of benzene rings is 3. The Kier molecular flexibility index (Phi) is 7.51. The third-order valence-electron chi connectivity index (χ3n) is 5.55. The fraction of sp³-hybridized carbons (Fsp3) is 0.167. The number of halogens is 3. The Labute approximate surface area is 217 Å². The molecular weight excluding hydrogens is 530 g/mol. The minimum atomic E-state index is -3.75.